The second-order valence-corrected chi connectivity index (χ2v) is 7.14. The van der Waals surface area contributed by atoms with E-state index in [0.29, 0.717) is 0 Å². The van der Waals surface area contributed by atoms with Gasteiger partial charge in [-0.3, -0.25) is 10.1 Å². The summed E-state index contributed by atoms with van der Waals surface area (Å²) in [6.07, 6.45) is 0. The molecule has 0 amide bonds. The van der Waals surface area contributed by atoms with Crippen molar-refractivity contribution in [2.75, 3.05) is 43.4 Å². The quantitative estimate of drug-likeness (QED) is 0.501. The number of anilines is 2. The number of nitrogens with zero attached hydrogens (tertiary/aromatic N) is 3. The number of nitro groups is 1. The zero-order valence-electron chi connectivity index (χ0n) is 14.2. The van der Waals surface area contributed by atoms with E-state index >= 15 is 0 Å². The molecular formula is C18H22N4O2S. The number of rotatable bonds is 5. The molecular weight excluding hydrogens is 336 g/mol. The number of benzene rings is 2. The van der Waals surface area contributed by atoms with Crippen molar-refractivity contribution in [3.63, 3.8) is 0 Å². The highest BCUT2D eigenvalue weighted by Crippen LogP contribution is 2.33. The van der Waals surface area contributed by atoms with E-state index in [9.17, 15) is 10.1 Å². The van der Waals surface area contributed by atoms with Gasteiger partial charge >= 0.3 is 0 Å². The zero-order valence-corrected chi connectivity index (χ0v) is 15.0. The maximum absolute atomic E-state index is 10.8. The molecule has 0 atom stereocenters. The average Bonchev–Trinajstić information content (AvgIpc) is 2.62. The molecule has 0 unspecified atom stereocenters. The number of nitrogens with two attached hydrogens (primary N) is 1. The van der Waals surface area contributed by atoms with Crippen LogP contribution in [0.1, 0.15) is 6.92 Å². The molecule has 1 aliphatic heterocycles. The first kappa shape index (κ1) is 17.6. The van der Waals surface area contributed by atoms with Gasteiger partial charge in [-0.15, -0.1) is 0 Å². The van der Waals surface area contributed by atoms with Crippen LogP contribution in [0.2, 0.25) is 0 Å². The molecule has 2 N–H and O–H groups in total. The van der Waals surface area contributed by atoms with E-state index in [1.54, 1.807) is 23.9 Å². The van der Waals surface area contributed by atoms with Crippen LogP contribution in [0.5, 0.6) is 0 Å². The minimum Gasteiger partial charge on any atom is -0.393 e. The molecule has 2 aromatic carbocycles. The molecule has 0 spiro atoms. The summed E-state index contributed by atoms with van der Waals surface area (Å²) in [5.74, 6) is 0. The van der Waals surface area contributed by atoms with Crippen molar-refractivity contribution in [2.45, 2.75) is 16.7 Å². The van der Waals surface area contributed by atoms with E-state index in [1.165, 1.54) is 11.8 Å². The lowest BCUT2D eigenvalue weighted by atomic mass is 10.2. The Bertz CT molecular complexity index is 743. The molecule has 2 aromatic rings. The molecule has 0 saturated carbocycles. The first-order valence-corrected chi connectivity index (χ1v) is 9.17. The van der Waals surface area contributed by atoms with Gasteiger partial charge in [0.05, 0.1) is 4.92 Å². The monoisotopic (exact) mass is 358 g/mol. The van der Waals surface area contributed by atoms with Gasteiger partial charge in [0.1, 0.15) is 5.69 Å². The molecule has 3 rings (SSSR count). The zero-order chi connectivity index (χ0) is 17.8. The SMILES string of the molecule is CCN1CCN(c2ccc(Sc3ccc([N+](=O)[O-])c(N)c3)cc2)CC1. The van der Waals surface area contributed by atoms with Crippen molar-refractivity contribution in [2.24, 2.45) is 0 Å². The normalized spacial score (nSPS) is 15.3. The van der Waals surface area contributed by atoms with Crippen LogP contribution < -0.4 is 10.6 Å². The highest BCUT2D eigenvalue weighted by molar-refractivity contribution is 7.99. The van der Waals surface area contributed by atoms with Crippen LogP contribution in [0.4, 0.5) is 17.1 Å². The second-order valence-electron chi connectivity index (χ2n) is 6.00. The van der Waals surface area contributed by atoms with E-state index < -0.39 is 4.92 Å². The van der Waals surface area contributed by atoms with Crippen LogP contribution >= 0.6 is 11.8 Å². The smallest absolute Gasteiger partial charge is 0.292 e. The number of likely N-dealkylation sites (N-methyl/N-ethyl adjacent to an activating group) is 1. The van der Waals surface area contributed by atoms with Crippen LogP contribution in [-0.2, 0) is 0 Å². The van der Waals surface area contributed by atoms with Crippen LogP contribution in [0.25, 0.3) is 0 Å². The Morgan fingerprint density at radius 2 is 1.72 bits per heavy atom. The molecule has 1 saturated heterocycles. The standard InChI is InChI=1S/C18H22N4O2S/c1-2-20-9-11-21(12-10-20)14-3-5-15(6-4-14)25-16-7-8-18(22(23)24)17(19)13-16/h3-8,13H,2,9-12,19H2,1H3. The summed E-state index contributed by atoms with van der Waals surface area (Å²) >= 11 is 1.55. The molecule has 0 aromatic heterocycles. The first-order chi connectivity index (χ1) is 12.1. The molecule has 1 aliphatic rings. The summed E-state index contributed by atoms with van der Waals surface area (Å²) in [4.78, 5) is 17.2. The van der Waals surface area contributed by atoms with Crippen LogP contribution in [0.15, 0.2) is 52.3 Å². The Labute approximate surface area is 151 Å². The summed E-state index contributed by atoms with van der Waals surface area (Å²) in [6, 6.07) is 13.3. The average molecular weight is 358 g/mol. The predicted molar refractivity (Wildman–Crippen MR) is 102 cm³/mol. The Morgan fingerprint density at radius 3 is 2.28 bits per heavy atom. The second kappa shape index (κ2) is 7.76. The van der Waals surface area contributed by atoms with E-state index in [0.717, 1.165) is 42.5 Å². The molecule has 0 aliphatic carbocycles. The molecule has 0 radical (unpaired) electrons. The minimum absolute atomic E-state index is 0.0501. The van der Waals surface area contributed by atoms with E-state index in [2.05, 4.69) is 41.0 Å². The van der Waals surface area contributed by atoms with Gasteiger partial charge in [-0.2, -0.15) is 0 Å². The number of nitro benzene ring substituents is 1. The fourth-order valence-electron chi connectivity index (χ4n) is 2.95. The third-order valence-corrected chi connectivity index (χ3v) is 5.45. The van der Waals surface area contributed by atoms with Gasteiger partial charge in [-0.1, -0.05) is 18.7 Å². The predicted octanol–water partition coefficient (Wildman–Crippen LogP) is 3.47. The van der Waals surface area contributed by atoms with Crippen molar-refractivity contribution in [1.82, 2.24) is 4.90 Å². The van der Waals surface area contributed by atoms with Crippen LogP contribution in [0, 0.1) is 10.1 Å². The lowest BCUT2D eigenvalue weighted by molar-refractivity contribution is -0.383. The summed E-state index contributed by atoms with van der Waals surface area (Å²) < 4.78 is 0. The van der Waals surface area contributed by atoms with Crippen molar-refractivity contribution >= 4 is 28.8 Å². The summed E-state index contributed by atoms with van der Waals surface area (Å²) in [7, 11) is 0. The lowest BCUT2D eigenvalue weighted by Crippen LogP contribution is -2.46. The molecule has 6 nitrogen and oxygen atoms in total. The third-order valence-electron chi connectivity index (χ3n) is 4.45. The van der Waals surface area contributed by atoms with Crippen molar-refractivity contribution in [3.8, 4) is 0 Å². The summed E-state index contributed by atoms with van der Waals surface area (Å²) in [5.41, 5.74) is 7.14. The molecule has 1 fully saturated rings. The topological polar surface area (TPSA) is 75.6 Å². The molecule has 132 valence electrons. The highest BCUT2D eigenvalue weighted by Gasteiger charge is 2.16. The molecule has 0 bridgehead atoms. The number of nitrogen functional groups attached to an aromatic ring is 1. The molecule has 1 heterocycles. The number of hydrogen-bond donors (Lipinski definition) is 1. The van der Waals surface area contributed by atoms with Gasteiger partial charge < -0.3 is 15.5 Å². The van der Waals surface area contributed by atoms with Gasteiger partial charge in [0.15, 0.2) is 0 Å². The first-order valence-electron chi connectivity index (χ1n) is 8.36. The van der Waals surface area contributed by atoms with Gasteiger partial charge in [0.25, 0.3) is 5.69 Å². The van der Waals surface area contributed by atoms with E-state index in [-0.39, 0.29) is 11.4 Å². The van der Waals surface area contributed by atoms with Crippen LogP contribution in [0.3, 0.4) is 0 Å². The fourth-order valence-corrected chi connectivity index (χ4v) is 3.81. The Morgan fingerprint density at radius 1 is 1.08 bits per heavy atom. The summed E-state index contributed by atoms with van der Waals surface area (Å²) in [5, 5.41) is 10.8. The summed E-state index contributed by atoms with van der Waals surface area (Å²) in [6.45, 7) is 7.64. The van der Waals surface area contributed by atoms with E-state index in [1.807, 2.05) is 0 Å². The largest absolute Gasteiger partial charge is 0.393 e. The maximum Gasteiger partial charge on any atom is 0.292 e. The van der Waals surface area contributed by atoms with Crippen molar-refractivity contribution < 1.29 is 4.92 Å². The van der Waals surface area contributed by atoms with Crippen molar-refractivity contribution in [3.05, 3.63) is 52.6 Å². The van der Waals surface area contributed by atoms with Gasteiger partial charge in [-0.05, 0) is 42.9 Å². The van der Waals surface area contributed by atoms with Gasteiger partial charge in [0, 0.05) is 47.7 Å². The number of piperazine rings is 1. The highest BCUT2D eigenvalue weighted by atomic mass is 32.2. The fraction of sp³-hybridized carbons (Fsp3) is 0.333. The van der Waals surface area contributed by atoms with Gasteiger partial charge in [-0.25, -0.2) is 0 Å². The number of hydrogen-bond acceptors (Lipinski definition) is 6. The van der Waals surface area contributed by atoms with Gasteiger partial charge in [0.2, 0.25) is 0 Å². The Kier molecular flexibility index (Phi) is 5.45. The Hall–Kier alpha value is -2.25. The Balaban J connectivity index is 1.65. The minimum atomic E-state index is -0.461. The maximum atomic E-state index is 10.8. The third kappa shape index (κ3) is 4.24. The van der Waals surface area contributed by atoms with E-state index in [4.69, 9.17) is 5.73 Å². The lowest BCUT2D eigenvalue weighted by Gasteiger charge is -2.35. The molecule has 25 heavy (non-hydrogen) atoms. The van der Waals surface area contributed by atoms with Crippen molar-refractivity contribution in [1.29, 1.82) is 0 Å². The van der Waals surface area contributed by atoms with Crippen LogP contribution in [-0.4, -0.2) is 42.5 Å². The molecule has 7 heteroatoms.